The van der Waals surface area contributed by atoms with Crippen LogP contribution < -0.4 is 9.50 Å². The van der Waals surface area contributed by atoms with Gasteiger partial charge in [-0.05, 0) is 59.9 Å². The first kappa shape index (κ1) is 25.4. The molecule has 2 aromatic carbocycles. The molecule has 1 aliphatic carbocycles. The largest absolute Gasteiger partial charge is 0.379 e. The number of aldehydes is 1. The van der Waals surface area contributed by atoms with E-state index in [2.05, 4.69) is 26.1 Å². The summed E-state index contributed by atoms with van der Waals surface area (Å²) in [5, 5.41) is 5.64. The Morgan fingerprint density at radius 3 is 2.57 bits per heavy atom. The minimum absolute atomic E-state index is 0.00744. The lowest BCUT2D eigenvalue weighted by Crippen LogP contribution is -2.57. The van der Waals surface area contributed by atoms with Gasteiger partial charge >= 0.3 is 10.1 Å². The van der Waals surface area contributed by atoms with E-state index < -0.39 is 10.1 Å². The molecule has 4 rings (SSSR count). The number of carbonyl (C=O) groups excluding carboxylic acids is 2. The Morgan fingerprint density at radius 1 is 1.23 bits per heavy atom. The standard InChI is InChI=1S/C27H31NO5S2/c1-17(12-13-29)25(23-14-18(2)27(23,3)4)28-26(30)22-16-34-24-11-10-19(15-21(22)24)33-35(31,32)20-8-6-5-7-9-20/h5-11,13,15-18,23,25H,12,14H2,1-4H3,(H,28,30). The number of rotatable bonds is 9. The van der Waals surface area contributed by atoms with Gasteiger partial charge in [-0.1, -0.05) is 45.9 Å². The van der Waals surface area contributed by atoms with Crippen LogP contribution in [0.3, 0.4) is 0 Å². The van der Waals surface area contributed by atoms with Crippen LogP contribution in [0, 0.1) is 23.2 Å². The zero-order chi connectivity index (χ0) is 25.4. The highest BCUT2D eigenvalue weighted by Gasteiger charge is 2.50. The smallest absolute Gasteiger partial charge is 0.339 e. The van der Waals surface area contributed by atoms with Crippen LogP contribution in [0.4, 0.5) is 0 Å². The maximum Gasteiger partial charge on any atom is 0.339 e. The summed E-state index contributed by atoms with van der Waals surface area (Å²) in [6.45, 7) is 8.66. The summed E-state index contributed by atoms with van der Waals surface area (Å²) >= 11 is 1.42. The molecule has 0 bridgehead atoms. The van der Waals surface area contributed by atoms with Crippen LogP contribution in [0.1, 0.15) is 50.9 Å². The van der Waals surface area contributed by atoms with Crippen LogP contribution in [0.2, 0.25) is 0 Å². The molecular weight excluding hydrogens is 482 g/mol. The molecule has 1 heterocycles. The molecule has 1 aliphatic rings. The van der Waals surface area contributed by atoms with Crippen LogP contribution in [-0.4, -0.2) is 26.7 Å². The summed E-state index contributed by atoms with van der Waals surface area (Å²) in [7, 11) is -3.99. The molecule has 1 amide bonds. The number of thiophene rings is 1. The van der Waals surface area contributed by atoms with Gasteiger partial charge in [0.15, 0.2) is 0 Å². The normalized spacial score (nSPS) is 21.0. The summed E-state index contributed by atoms with van der Waals surface area (Å²) in [6, 6.07) is 12.8. The second kappa shape index (κ2) is 9.74. The van der Waals surface area contributed by atoms with Gasteiger partial charge in [0.05, 0.1) is 5.56 Å². The van der Waals surface area contributed by atoms with Crippen molar-refractivity contribution in [3.05, 3.63) is 59.5 Å². The van der Waals surface area contributed by atoms with Crippen molar-refractivity contribution >= 4 is 43.7 Å². The molecule has 1 fully saturated rings. The van der Waals surface area contributed by atoms with E-state index in [0.717, 1.165) is 17.4 Å². The van der Waals surface area contributed by atoms with Crippen LogP contribution in [0.15, 0.2) is 58.8 Å². The van der Waals surface area contributed by atoms with Gasteiger partial charge < -0.3 is 14.3 Å². The SMILES string of the molecule is CC(CC=O)C(NC(=O)c1csc2ccc(OS(=O)(=O)c3ccccc3)cc12)C1CC(C)C1(C)C. The molecule has 0 aliphatic heterocycles. The average molecular weight is 514 g/mol. The van der Waals surface area contributed by atoms with Crippen molar-refractivity contribution in [2.45, 2.75) is 51.5 Å². The first-order chi connectivity index (χ1) is 16.5. The molecule has 6 nitrogen and oxygen atoms in total. The third kappa shape index (κ3) is 5.00. The van der Waals surface area contributed by atoms with Crippen molar-refractivity contribution in [1.82, 2.24) is 5.32 Å². The molecular formula is C27H31NO5S2. The Morgan fingerprint density at radius 2 is 1.94 bits per heavy atom. The first-order valence-corrected chi connectivity index (χ1v) is 14.1. The number of hydrogen-bond acceptors (Lipinski definition) is 6. The molecule has 35 heavy (non-hydrogen) atoms. The van der Waals surface area contributed by atoms with Crippen molar-refractivity contribution in [3.8, 4) is 5.75 Å². The van der Waals surface area contributed by atoms with E-state index in [1.165, 1.54) is 23.5 Å². The van der Waals surface area contributed by atoms with Crippen LogP contribution in [0.25, 0.3) is 10.1 Å². The Bertz CT molecular complexity index is 1330. The molecule has 186 valence electrons. The van der Waals surface area contributed by atoms with Crippen molar-refractivity contribution < 1.29 is 22.2 Å². The van der Waals surface area contributed by atoms with E-state index in [0.29, 0.717) is 23.3 Å². The lowest BCUT2D eigenvalue weighted by Gasteiger charge is -2.55. The highest BCUT2D eigenvalue weighted by atomic mass is 32.2. The van der Waals surface area contributed by atoms with Gasteiger partial charge in [0.1, 0.15) is 16.9 Å². The van der Waals surface area contributed by atoms with Gasteiger partial charge in [-0.3, -0.25) is 4.79 Å². The third-order valence-corrected chi connectivity index (χ3v) is 9.90. The van der Waals surface area contributed by atoms with Crippen molar-refractivity contribution in [1.29, 1.82) is 0 Å². The maximum absolute atomic E-state index is 13.4. The number of hydrogen-bond donors (Lipinski definition) is 1. The summed E-state index contributed by atoms with van der Waals surface area (Å²) in [5.74, 6) is 0.749. The maximum atomic E-state index is 13.4. The molecule has 0 radical (unpaired) electrons. The topological polar surface area (TPSA) is 89.5 Å². The minimum atomic E-state index is -3.99. The Kier molecular flexibility index (Phi) is 7.06. The number of nitrogens with one attached hydrogen (secondary N) is 1. The van der Waals surface area contributed by atoms with Crippen molar-refractivity contribution in [3.63, 3.8) is 0 Å². The van der Waals surface area contributed by atoms with Gasteiger partial charge in [-0.2, -0.15) is 8.42 Å². The number of carbonyl (C=O) groups is 2. The molecule has 1 N–H and O–H groups in total. The molecule has 4 atom stereocenters. The van der Waals surface area contributed by atoms with Crippen molar-refractivity contribution in [2.75, 3.05) is 0 Å². The second-order valence-corrected chi connectivity index (χ2v) is 12.6. The fourth-order valence-electron chi connectivity index (χ4n) is 4.97. The summed E-state index contributed by atoms with van der Waals surface area (Å²) in [6.07, 6.45) is 2.29. The molecule has 8 heteroatoms. The van der Waals surface area contributed by atoms with Gasteiger partial charge in [0.25, 0.3) is 5.91 Å². The lowest BCUT2D eigenvalue weighted by molar-refractivity contribution is -0.109. The van der Waals surface area contributed by atoms with E-state index in [1.807, 2.05) is 6.92 Å². The van der Waals surface area contributed by atoms with Gasteiger partial charge in [0, 0.05) is 27.9 Å². The highest BCUT2D eigenvalue weighted by molar-refractivity contribution is 7.87. The first-order valence-electron chi connectivity index (χ1n) is 11.8. The highest BCUT2D eigenvalue weighted by Crippen LogP contribution is 2.53. The predicted octanol–water partition coefficient (Wildman–Crippen LogP) is 5.67. The second-order valence-electron chi connectivity index (χ2n) is 10.1. The Balaban J connectivity index is 1.60. The fraction of sp³-hybridized carbons (Fsp3) is 0.407. The molecule has 3 aromatic rings. The van der Waals surface area contributed by atoms with E-state index in [1.54, 1.807) is 41.8 Å². The predicted molar refractivity (Wildman–Crippen MR) is 138 cm³/mol. The fourth-order valence-corrected chi connectivity index (χ4v) is 6.83. The van der Waals surface area contributed by atoms with Gasteiger partial charge in [0.2, 0.25) is 0 Å². The third-order valence-electron chi connectivity index (χ3n) is 7.67. The molecule has 0 saturated heterocycles. The van der Waals surface area contributed by atoms with Crippen LogP contribution in [0.5, 0.6) is 5.75 Å². The molecule has 1 aromatic heterocycles. The summed E-state index contributed by atoms with van der Waals surface area (Å²) in [5.41, 5.74) is 0.541. The average Bonchev–Trinajstić information content (AvgIpc) is 3.25. The zero-order valence-electron chi connectivity index (χ0n) is 20.4. The molecule has 1 saturated carbocycles. The quantitative estimate of drug-likeness (QED) is 0.294. The number of amides is 1. The number of benzene rings is 2. The van der Waals surface area contributed by atoms with Gasteiger partial charge in [-0.15, -0.1) is 11.3 Å². The Hall–Kier alpha value is -2.71. The molecule has 4 unspecified atom stereocenters. The zero-order valence-corrected chi connectivity index (χ0v) is 22.0. The minimum Gasteiger partial charge on any atom is -0.379 e. The van der Waals surface area contributed by atoms with E-state index in [4.69, 9.17) is 4.18 Å². The van der Waals surface area contributed by atoms with Crippen molar-refractivity contribution in [2.24, 2.45) is 23.2 Å². The number of fused-ring (bicyclic) bond motifs is 1. The summed E-state index contributed by atoms with van der Waals surface area (Å²) < 4.78 is 31.5. The van der Waals surface area contributed by atoms with Gasteiger partial charge in [-0.25, -0.2) is 0 Å². The Labute approximate surface area is 210 Å². The van der Waals surface area contributed by atoms with E-state index in [9.17, 15) is 18.0 Å². The summed E-state index contributed by atoms with van der Waals surface area (Å²) in [4.78, 5) is 24.7. The van der Waals surface area contributed by atoms with Crippen LogP contribution >= 0.6 is 11.3 Å². The van der Waals surface area contributed by atoms with E-state index >= 15 is 0 Å². The van der Waals surface area contributed by atoms with Crippen LogP contribution in [-0.2, 0) is 14.9 Å². The molecule has 0 spiro atoms. The van der Waals surface area contributed by atoms with E-state index in [-0.39, 0.29) is 39.8 Å². The monoisotopic (exact) mass is 513 g/mol. The lowest BCUT2D eigenvalue weighted by atomic mass is 9.52.